The lowest BCUT2D eigenvalue weighted by molar-refractivity contribution is -0.138. The summed E-state index contributed by atoms with van der Waals surface area (Å²) in [4.78, 5) is 13.8. The van der Waals surface area contributed by atoms with E-state index in [2.05, 4.69) is 11.5 Å². The molecule has 1 fully saturated rings. The number of carbonyl (C=O) groups is 1. The fourth-order valence-corrected chi connectivity index (χ4v) is 2.87. The molecule has 1 aliphatic heterocycles. The number of piperidine rings is 1. The predicted octanol–water partition coefficient (Wildman–Crippen LogP) is 3.20. The van der Waals surface area contributed by atoms with Gasteiger partial charge in [-0.05, 0) is 62.9 Å². The molecular formula is C18H24FNO2. The second-order valence-electron chi connectivity index (χ2n) is 5.87. The highest BCUT2D eigenvalue weighted by Gasteiger charge is 2.21. The molecule has 0 amide bonds. The Morgan fingerprint density at radius 2 is 1.95 bits per heavy atom. The number of likely N-dealkylation sites (tertiary alicyclic amines) is 1. The van der Waals surface area contributed by atoms with Gasteiger partial charge in [0.2, 0.25) is 0 Å². The summed E-state index contributed by atoms with van der Waals surface area (Å²) < 4.78 is 17.9. The number of esters is 1. The van der Waals surface area contributed by atoms with E-state index in [0.717, 1.165) is 32.4 Å². The summed E-state index contributed by atoms with van der Waals surface area (Å²) in [5.41, 5.74) is 1.72. The lowest BCUT2D eigenvalue weighted by atomic mass is 9.90. The second-order valence-corrected chi connectivity index (χ2v) is 5.87. The number of nitrogens with zero attached hydrogens (tertiary/aromatic N) is 1. The Bertz CT molecular complexity index is 504. The summed E-state index contributed by atoms with van der Waals surface area (Å²) in [6.45, 7) is 8.51. The van der Waals surface area contributed by atoms with Crippen LogP contribution in [0, 0.1) is 11.7 Å². The van der Waals surface area contributed by atoms with E-state index in [9.17, 15) is 9.18 Å². The largest absolute Gasteiger partial charge is 0.463 e. The van der Waals surface area contributed by atoms with Gasteiger partial charge >= 0.3 is 5.97 Å². The third-order valence-electron chi connectivity index (χ3n) is 4.12. The summed E-state index contributed by atoms with van der Waals surface area (Å²) in [6.07, 6.45) is 3.17. The van der Waals surface area contributed by atoms with E-state index in [1.165, 1.54) is 17.7 Å². The van der Waals surface area contributed by atoms with Crippen molar-refractivity contribution < 1.29 is 13.9 Å². The van der Waals surface area contributed by atoms with Crippen LogP contribution >= 0.6 is 0 Å². The van der Waals surface area contributed by atoms with Gasteiger partial charge in [-0.25, -0.2) is 9.18 Å². The SMILES string of the molecule is C=C(CN1CCC(Cc2ccc(F)cc2)CC1)C(=O)OCC. The van der Waals surface area contributed by atoms with Crippen molar-refractivity contribution in [2.45, 2.75) is 26.2 Å². The van der Waals surface area contributed by atoms with Crippen molar-refractivity contribution in [1.82, 2.24) is 4.90 Å². The highest BCUT2D eigenvalue weighted by atomic mass is 19.1. The van der Waals surface area contributed by atoms with E-state index in [1.54, 1.807) is 6.92 Å². The molecule has 0 aromatic heterocycles. The van der Waals surface area contributed by atoms with E-state index in [0.29, 0.717) is 24.6 Å². The molecule has 0 atom stereocenters. The number of benzene rings is 1. The first-order chi connectivity index (χ1) is 10.6. The molecule has 0 saturated carbocycles. The molecule has 0 unspecified atom stereocenters. The Morgan fingerprint density at radius 1 is 1.32 bits per heavy atom. The first-order valence-corrected chi connectivity index (χ1v) is 7.90. The van der Waals surface area contributed by atoms with Gasteiger partial charge in [-0.15, -0.1) is 0 Å². The van der Waals surface area contributed by atoms with E-state index in [-0.39, 0.29) is 11.8 Å². The lowest BCUT2D eigenvalue weighted by Crippen LogP contribution is -2.36. The summed E-state index contributed by atoms with van der Waals surface area (Å²) >= 11 is 0. The lowest BCUT2D eigenvalue weighted by Gasteiger charge is -2.32. The maximum atomic E-state index is 12.9. The molecule has 0 bridgehead atoms. The number of rotatable bonds is 6. The Balaban J connectivity index is 1.74. The van der Waals surface area contributed by atoms with Crippen LogP contribution in [0.3, 0.4) is 0 Å². The monoisotopic (exact) mass is 305 g/mol. The van der Waals surface area contributed by atoms with Crippen LogP contribution < -0.4 is 0 Å². The van der Waals surface area contributed by atoms with Crippen LogP contribution in [-0.4, -0.2) is 37.1 Å². The summed E-state index contributed by atoms with van der Waals surface area (Å²) in [5.74, 6) is 0.143. The molecule has 1 heterocycles. The van der Waals surface area contributed by atoms with E-state index >= 15 is 0 Å². The quantitative estimate of drug-likeness (QED) is 0.597. The van der Waals surface area contributed by atoms with Crippen molar-refractivity contribution in [1.29, 1.82) is 0 Å². The van der Waals surface area contributed by atoms with Crippen molar-refractivity contribution in [3.63, 3.8) is 0 Å². The molecule has 1 aromatic carbocycles. The van der Waals surface area contributed by atoms with Crippen LogP contribution in [0.5, 0.6) is 0 Å². The number of halogens is 1. The summed E-state index contributed by atoms with van der Waals surface area (Å²) in [7, 11) is 0. The van der Waals surface area contributed by atoms with Crippen LogP contribution in [0.1, 0.15) is 25.3 Å². The third-order valence-corrected chi connectivity index (χ3v) is 4.12. The maximum Gasteiger partial charge on any atom is 0.334 e. The Hall–Kier alpha value is -1.68. The van der Waals surface area contributed by atoms with Crippen molar-refractivity contribution in [3.8, 4) is 0 Å². The third kappa shape index (κ3) is 4.95. The van der Waals surface area contributed by atoms with Gasteiger partial charge in [0.15, 0.2) is 0 Å². The molecule has 0 N–H and O–H groups in total. The number of hydrogen-bond acceptors (Lipinski definition) is 3. The molecular weight excluding hydrogens is 281 g/mol. The molecule has 4 heteroatoms. The first kappa shape index (κ1) is 16.7. The normalized spacial score (nSPS) is 16.5. The predicted molar refractivity (Wildman–Crippen MR) is 85.0 cm³/mol. The Kier molecular flexibility index (Phi) is 6.13. The van der Waals surface area contributed by atoms with E-state index in [4.69, 9.17) is 4.74 Å². The number of hydrogen-bond donors (Lipinski definition) is 0. The second kappa shape index (κ2) is 8.08. The molecule has 1 aromatic rings. The zero-order valence-corrected chi connectivity index (χ0v) is 13.2. The smallest absolute Gasteiger partial charge is 0.334 e. The zero-order chi connectivity index (χ0) is 15.9. The standard InChI is InChI=1S/C18H24FNO2/c1-3-22-18(21)14(2)13-20-10-8-16(9-11-20)12-15-4-6-17(19)7-5-15/h4-7,16H,2-3,8-13H2,1H3. The maximum absolute atomic E-state index is 12.9. The molecule has 1 aliphatic rings. The molecule has 0 spiro atoms. The number of ether oxygens (including phenoxy) is 1. The van der Waals surface area contributed by atoms with Crippen molar-refractivity contribution >= 4 is 5.97 Å². The van der Waals surface area contributed by atoms with Crippen LogP contribution in [0.25, 0.3) is 0 Å². The highest BCUT2D eigenvalue weighted by Crippen LogP contribution is 2.22. The van der Waals surface area contributed by atoms with Crippen LogP contribution in [-0.2, 0) is 16.0 Å². The molecule has 22 heavy (non-hydrogen) atoms. The van der Waals surface area contributed by atoms with E-state index < -0.39 is 0 Å². The molecule has 3 nitrogen and oxygen atoms in total. The zero-order valence-electron chi connectivity index (χ0n) is 13.2. The fraction of sp³-hybridized carbons (Fsp3) is 0.500. The van der Waals surface area contributed by atoms with Gasteiger partial charge in [-0.3, -0.25) is 4.90 Å². The van der Waals surface area contributed by atoms with Gasteiger partial charge in [-0.1, -0.05) is 18.7 Å². The highest BCUT2D eigenvalue weighted by molar-refractivity contribution is 5.88. The molecule has 120 valence electrons. The average Bonchev–Trinajstić information content (AvgIpc) is 2.51. The van der Waals surface area contributed by atoms with Gasteiger partial charge < -0.3 is 4.74 Å². The molecule has 0 aliphatic carbocycles. The van der Waals surface area contributed by atoms with Crippen LogP contribution in [0.2, 0.25) is 0 Å². The van der Waals surface area contributed by atoms with Gasteiger partial charge in [0.1, 0.15) is 5.82 Å². The van der Waals surface area contributed by atoms with Gasteiger partial charge in [0.25, 0.3) is 0 Å². The topological polar surface area (TPSA) is 29.5 Å². The summed E-state index contributed by atoms with van der Waals surface area (Å²) in [5, 5.41) is 0. The minimum atomic E-state index is -0.295. The van der Waals surface area contributed by atoms with E-state index in [1.807, 2.05) is 12.1 Å². The first-order valence-electron chi connectivity index (χ1n) is 7.90. The van der Waals surface area contributed by atoms with Crippen molar-refractivity contribution in [2.75, 3.05) is 26.2 Å². The Morgan fingerprint density at radius 3 is 2.55 bits per heavy atom. The van der Waals surface area contributed by atoms with Crippen LogP contribution in [0.4, 0.5) is 4.39 Å². The summed E-state index contributed by atoms with van der Waals surface area (Å²) in [6, 6.07) is 6.77. The van der Waals surface area contributed by atoms with Crippen molar-refractivity contribution in [3.05, 3.63) is 47.8 Å². The van der Waals surface area contributed by atoms with Crippen molar-refractivity contribution in [2.24, 2.45) is 5.92 Å². The number of carbonyl (C=O) groups excluding carboxylic acids is 1. The van der Waals surface area contributed by atoms with Crippen LogP contribution in [0.15, 0.2) is 36.4 Å². The van der Waals surface area contributed by atoms with Gasteiger partial charge in [-0.2, -0.15) is 0 Å². The Labute approximate surface area is 131 Å². The van der Waals surface area contributed by atoms with Gasteiger partial charge in [0, 0.05) is 12.1 Å². The molecule has 0 radical (unpaired) electrons. The molecule has 2 rings (SSSR count). The molecule has 1 saturated heterocycles. The minimum Gasteiger partial charge on any atom is -0.463 e. The minimum absolute atomic E-state index is 0.184. The van der Waals surface area contributed by atoms with Gasteiger partial charge in [0.05, 0.1) is 6.61 Å². The average molecular weight is 305 g/mol. The fourth-order valence-electron chi connectivity index (χ4n) is 2.87.